The average Bonchev–Trinajstić information content (AvgIpc) is 3.52. The Bertz CT molecular complexity index is 1430. The van der Waals surface area contributed by atoms with Crippen molar-refractivity contribution in [3.8, 4) is 17.1 Å². The molecule has 144 valence electrons. The lowest BCUT2D eigenvalue weighted by molar-refractivity contribution is 0.720. The topological polar surface area (TPSA) is 17.8 Å². The molecule has 3 aromatic carbocycles. The SMILES string of the molecule is c1ccc(-n2c(-c3nc4ccccc4c4c3C3CCC4C3)cc3ccccc32)cc1. The number of fused-ring (bicyclic) bond motifs is 8. The molecule has 0 spiro atoms. The highest BCUT2D eigenvalue weighted by Crippen LogP contribution is 2.57. The molecule has 0 saturated heterocycles. The Morgan fingerprint density at radius 3 is 2.37 bits per heavy atom. The van der Waals surface area contributed by atoms with Gasteiger partial charge in [-0.15, -0.1) is 0 Å². The smallest absolute Gasteiger partial charge is 0.0915 e. The minimum Gasteiger partial charge on any atom is -0.308 e. The van der Waals surface area contributed by atoms with Crippen LogP contribution in [0.3, 0.4) is 0 Å². The van der Waals surface area contributed by atoms with E-state index in [2.05, 4.69) is 89.5 Å². The predicted octanol–water partition coefficient (Wildman–Crippen LogP) is 7.21. The molecule has 2 aromatic heterocycles. The summed E-state index contributed by atoms with van der Waals surface area (Å²) in [5.41, 5.74) is 9.07. The van der Waals surface area contributed by atoms with Crippen molar-refractivity contribution in [2.24, 2.45) is 0 Å². The summed E-state index contributed by atoms with van der Waals surface area (Å²) in [4.78, 5) is 5.30. The van der Waals surface area contributed by atoms with Crippen LogP contribution in [-0.4, -0.2) is 9.55 Å². The van der Waals surface area contributed by atoms with E-state index in [1.54, 1.807) is 5.56 Å². The fourth-order valence-electron chi connectivity index (χ4n) is 5.99. The van der Waals surface area contributed by atoms with Crippen molar-refractivity contribution >= 4 is 21.8 Å². The largest absolute Gasteiger partial charge is 0.308 e. The van der Waals surface area contributed by atoms with Crippen molar-refractivity contribution in [3.05, 3.63) is 96.1 Å². The van der Waals surface area contributed by atoms with Crippen LogP contribution in [0.1, 0.15) is 42.2 Å². The van der Waals surface area contributed by atoms with E-state index in [-0.39, 0.29) is 0 Å². The predicted molar refractivity (Wildman–Crippen MR) is 123 cm³/mol. The highest BCUT2D eigenvalue weighted by molar-refractivity contribution is 5.93. The summed E-state index contributed by atoms with van der Waals surface area (Å²) >= 11 is 0. The minimum absolute atomic E-state index is 0.652. The fraction of sp³-hybridized carbons (Fsp3) is 0.179. The molecule has 1 fully saturated rings. The van der Waals surface area contributed by atoms with Crippen LogP contribution in [-0.2, 0) is 0 Å². The summed E-state index contributed by atoms with van der Waals surface area (Å²) in [5.74, 6) is 1.35. The van der Waals surface area contributed by atoms with Crippen molar-refractivity contribution in [3.63, 3.8) is 0 Å². The molecule has 2 atom stereocenters. The summed E-state index contributed by atoms with van der Waals surface area (Å²) in [6.07, 6.45) is 3.92. The van der Waals surface area contributed by atoms with Gasteiger partial charge in [0.15, 0.2) is 0 Å². The molecular formula is C28H22N2. The first-order valence-electron chi connectivity index (χ1n) is 11.0. The van der Waals surface area contributed by atoms with Gasteiger partial charge in [-0.1, -0.05) is 54.6 Å². The van der Waals surface area contributed by atoms with Crippen LogP contribution in [0.2, 0.25) is 0 Å². The molecule has 30 heavy (non-hydrogen) atoms. The van der Waals surface area contributed by atoms with Gasteiger partial charge in [0.05, 0.1) is 22.4 Å². The lowest BCUT2D eigenvalue weighted by atomic mass is 9.87. The van der Waals surface area contributed by atoms with Crippen molar-refractivity contribution in [1.29, 1.82) is 0 Å². The second kappa shape index (κ2) is 6.06. The van der Waals surface area contributed by atoms with Crippen LogP contribution >= 0.6 is 0 Å². The summed E-state index contributed by atoms with van der Waals surface area (Å²) in [6.45, 7) is 0. The Morgan fingerprint density at radius 2 is 1.47 bits per heavy atom. The summed E-state index contributed by atoms with van der Waals surface area (Å²) < 4.78 is 2.40. The highest BCUT2D eigenvalue weighted by Gasteiger charge is 2.41. The Morgan fingerprint density at radius 1 is 0.733 bits per heavy atom. The van der Waals surface area contributed by atoms with Crippen LogP contribution in [0.25, 0.3) is 38.9 Å². The normalized spacial score (nSPS) is 19.6. The standard InChI is InChI=1S/C28H22N2/c1-2-9-21(10-3-1)30-24-13-7-4-8-18(24)17-25(30)28-27-20-15-14-19(16-20)26(27)22-11-5-6-12-23(22)29-28/h1-13,17,19-20H,14-16H2. The van der Waals surface area contributed by atoms with E-state index in [1.165, 1.54) is 58.2 Å². The molecule has 0 N–H and O–H groups in total. The number of para-hydroxylation sites is 3. The third-order valence-corrected chi connectivity index (χ3v) is 7.19. The van der Waals surface area contributed by atoms with Gasteiger partial charge in [0.25, 0.3) is 0 Å². The molecule has 2 aliphatic carbocycles. The number of pyridine rings is 1. The number of rotatable bonds is 2. The van der Waals surface area contributed by atoms with Crippen LogP contribution in [0.4, 0.5) is 0 Å². The average molecular weight is 386 g/mol. The van der Waals surface area contributed by atoms with Crippen LogP contribution < -0.4 is 0 Å². The number of hydrogen-bond acceptors (Lipinski definition) is 1. The molecule has 2 heterocycles. The molecule has 1 saturated carbocycles. The lowest BCUT2D eigenvalue weighted by Gasteiger charge is -2.22. The van der Waals surface area contributed by atoms with Crippen molar-refractivity contribution < 1.29 is 0 Å². The molecule has 2 unspecified atom stereocenters. The molecule has 2 heteroatoms. The Hall–Kier alpha value is -3.39. The van der Waals surface area contributed by atoms with E-state index in [9.17, 15) is 0 Å². The Labute approximate surface area is 175 Å². The number of hydrogen-bond donors (Lipinski definition) is 0. The molecular weight excluding hydrogens is 364 g/mol. The number of nitrogens with zero attached hydrogens (tertiary/aromatic N) is 2. The molecule has 7 rings (SSSR count). The lowest BCUT2D eigenvalue weighted by Crippen LogP contribution is -2.06. The summed E-state index contributed by atoms with van der Waals surface area (Å²) in [5, 5.41) is 2.63. The second-order valence-corrected chi connectivity index (χ2v) is 8.77. The Balaban J connectivity index is 1.62. The minimum atomic E-state index is 0.652. The zero-order valence-corrected chi connectivity index (χ0v) is 16.8. The van der Waals surface area contributed by atoms with Gasteiger partial charge < -0.3 is 4.57 Å². The highest BCUT2D eigenvalue weighted by atomic mass is 15.0. The molecule has 2 bridgehead atoms. The first-order valence-corrected chi connectivity index (χ1v) is 11.0. The maximum absolute atomic E-state index is 5.30. The first-order chi connectivity index (χ1) is 14.9. The third-order valence-electron chi connectivity index (χ3n) is 7.19. The van der Waals surface area contributed by atoms with Gasteiger partial charge in [-0.05, 0) is 72.6 Å². The van der Waals surface area contributed by atoms with E-state index in [0.29, 0.717) is 11.8 Å². The van der Waals surface area contributed by atoms with Crippen LogP contribution in [0.5, 0.6) is 0 Å². The van der Waals surface area contributed by atoms with Gasteiger partial charge in [-0.2, -0.15) is 0 Å². The number of benzene rings is 3. The third kappa shape index (κ3) is 2.16. The van der Waals surface area contributed by atoms with E-state index in [4.69, 9.17) is 4.98 Å². The maximum atomic E-state index is 5.30. The fourth-order valence-corrected chi connectivity index (χ4v) is 5.99. The first kappa shape index (κ1) is 16.4. The maximum Gasteiger partial charge on any atom is 0.0915 e. The van der Waals surface area contributed by atoms with Gasteiger partial charge in [0, 0.05) is 16.5 Å². The molecule has 5 aromatic rings. The zero-order chi connectivity index (χ0) is 19.7. The molecule has 0 amide bonds. The molecule has 2 aliphatic rings. The zero-order valence-electron chi connectivity index (χ0n) is 16.8. The van der Waals surface area contributed by atoms with Gasteiger partial charge in [-0.3, -0.25) is 0 Å². The van der Waals surface area contributed by atoms with Crippen molar-refractivity contribution in [2.45, 2.75) is 31.1 Å². The van der Waals surface area contributed by atoms with E-state index in [0.717, 1.165) is 5.52 Å². The van der Waals surface area contributed by atoms with Crippen LogP contribution in [0.15, 0.2) is 84.9 Å². The Kier molecular flexibility index (Phi) is 3.31. The van der Waals surface area contributed by atoms with Crippen molar-refractivity contribution in [1.82, 2.24) is 9.55 Å². The van der Waals surface area contributed by atoms with Gasteiger partial charge >= 0.3 is 0 Å². The summed E-state index contributed by atoms with van der Waals surface area (Å²) in [7, 11) is 0. The molecule has 2 nitrogen and oxygen atoms in total. The number of aromatic nitrogens is 2. The van der Waals surface area contributed by atoms with E-state index < -0.39 is 0 Å². The van der Waals surface area contributed by atoms with E-state index >= 15 is 0 Å². The van der Waals surface area contributed by atoms with Crippen LogP contribution in [0, 0.1) is 0 Å². The van der Waals surface area contributed by atoms with Gasteiger partial charge in [-0.25, -0.2) is 4.98 Å². The second-order valence-electron chi connectivity index (χ2n) is 8.77. The molecule has 0 aliphatic heterocycles. The van der Waals surface area contributed by atoms with Gasteiger partial charge in [0.2, 0.25) is 0 Å². The monoisotopic (exact) mass is 386 g/mol. The van der Waals surface area contributed by atoms with E-state index in [1.807, 2.05) is 0 Å². The molecule has 0 radical (unpaired) electrons. The summed E-state index contributed by atoms with van der Waals surface area (Å²) in [6, 6.07) is 30.5. The van der Waals surface area contributed by atoms with Crippen molar-refractivity contribution in [2.75, 3.05) is 0 Å². The van der Waals surface area contributed by atoms with Gasteiger partial charge in [0.1, 0.15) is 0 Å². The quantitative estimate of drug-likeness (QED) is 0.313.